The molecule has 43 heavy (non-hydrogen) atoms. The summed E-state index contributed by atoms with van der Waals surface area (Å²) in [6.45, 7) is 15.3. The number of benzene rings is 1. The number of nitrogens with one attached hydrogen (secondary N) is 2. The van der Waals surface area contributed by atoms with Crippen LogP contribution in [0.25, 0.3) is 44.3 Å². The zero-order valence-corrected chi connectivity index (χ0v) is 26.5. The Morgan fingerprint density at radius 2 is 1.49 bits per heavy atom. The fourth-order valence-electron chi connectivity index (χ4n) is 6.35. The van der Waals surface area contributed by atoms with E-state index in [4.69, 9.17) is 14.7 Å². The van der Waals surface area contributed by atoms with Crippen LogP contribution in [0.1, 0.15) is 78.6 Å². The second kappa shape index (κ2) is 10.7. The number of nitrogens with zero attached hydrogens (tertiary/aromatic N) is 2. The van der Waals surface area contributed by atoms with Gasteiger partial charge in [-0.3, -0.25) is 9.78 Å². The first-order valence-corrected chi connectivity index (χ1v) is 15.0. The predicted molar refractivity (Wildman–Crippen MR) is 176 cm³/mol. The summed E-state index contributed by atoms with van der Waals surface area (Å²) in [4.78, 5) is 30.1. The van der Waals surface area contributed by atoms with Crippen molar-refractivity contribution in [2.24, 2.45) is 0 Å². The SMILES string of the molecule is COC(=O)CCC1=C(C)c2cc3nc(c(-c4ccccc4)c4[nH]c(cc5[nH]c(cc1n2)c(C)c5C)c(C)c4C)CC3(C)C. The van der Waals surface area contributed by atoms with Crippen LogP contribution in [0.15, 0.2) is 48.5 Å². The van der Waals surface area contributed by atoms with Gasteiger partial charge in [0.1, 0.15) is 0 Å². The van der Waals surface area contributed by atoms with Crippen molar-refractivity contribution < 1.29 is 9.53 Å². The molecule has 3 aromatic heterocycles. The molecule has 2 aliphatic rings. The van der Waals surface area contributed by atoms with E-state index in [1.807, 2.05) is 0 Å². The van der Waals surface area contributed by atoms with Gasteiger partial charge in [0, 0.05) is 46.1 Å². The third kappa shape index (κ3) is 4.99. The van der Waals surface area contributed by atoms with Crippen LogP contribution in [0.2, 0.25) is 0 Å². The summed E-state index contributed by atoms with van der Waals surface area (Å²) < 4.78 is 4.97. The van der Waals surface area contributed by atoms with E-state index in [-0.39, 0.29) is 11.4 Å². The van der Waals surface area contributed by atoms with Crippen LogP contribution in [0.3, 0.4) is 0 Å². The summed E-state index contributed by atoms with van der Waals surface area (Å²) in [7, 11) is 1.44. The van der Waals surface area contributed by atoms with E-state index < -0.39 is 0 Å². The number of allylic oxidation sites excluding steroid dienone is 2. The van der Waals surface area contributed by atoms with Gasteiger partial charge in [0.2, 0.25) is 0 Å². The van der Waals surface area contributed by atoms with Gasteiger partial charge in [-0.25, -0.2) is 4.98 Å². The Kier molecular flexibility index (Phi) is 7.11. The fraction of sp³-hybridized carbons (Fsp3) is 0.324. The molecular formula is C37H40N4O2. The van der Waals surface area contributed by atoms with Gasteiger partial charge in [-0.05, 0) is 98.2 Å². The number of methoxy groups -OCH3 is 1. The minimum Gasteiger partial charge on any atom is -0.469 e. The molecule has 6 heteroatoms. The number of carbonyl (C=O) groups is 1. The lowest BCUT2D eigenvalue weighted by molar-refractivity contribution is -0.140. The van der Waals surface area contributed by atoms with Gasteiger partial charge in [-0.2, -0.15) is 0 Å². The summed E-state index contributed by atoms with van der Waals surface area (Å²) in [5.41, 5.74) is 17.2. The number of aryl methyl sites for hydroxylation is 4. The van der Waals surface area contributed by atoms with Crippen molar-refractivity contribution in [2.45, 2.75) is 73.1 Å². The molecule has 0 unspecified atom stereocenters. The topological polar surface area (TPSA) is 83.7 Å². The molecule has 6 nitrogen and oxygen atoms in total. The second-order valence-electron chi connectivity index (χ2n) is 12.6. The third-order valence-electron chi connectivity index (χ3n) is 9.44. The van der Waals surface area contributed by atoms with Crippen molar-refractivity contribution in [1.82, 2.24) is 19.9 Å². The maximum atomic E-state index is 12.1. The van der Waals surface area contributed by atoms with Gasteiger partial charge in [-0.1, -0.05) is 44.2 Å². The summed E-state index contributed by atoms with van der Waals surface area (Å²) in [5.74, 6) is -0.223. The zero-order chi connectivity index (χ0) is 30.6. The van der Waals surface area contributed by atoms with E-state index in [1.165, 1.54) is 29.4 Å². The van der Waals surface area contributed by atoms with Crippen molar-refractivity contribution in [1.29, 1.82) is 0 Å². The summed E-state index contributed by atoms with van der Waals surface area (Å²) >= 11 is 0. The van der Waals surface area contributed by atoms with Crippen LogP contribution in [0.4, 0.5) is 0 Å². The van der Waals surface area contributed by atoms with Crippen LogP contribution >= 0.6 is 0 Å². The molecule has 0 atom stereocenters. The average Bonchev–Trinajstić information content (AvgIpc) is 3.63. The largest absolute Gasteiger partial charge is 0.469 e. The van der Waals surface area contributed by atoms with E-state index >= 15 is 0 Å². The first kappa shape index (κ1) is 28.7. The summed E-state index contributed by atoms with van der Waals surface area (Å²) in [6.07, 6.45) is 1.68. The van der Waals surface area contributed by atoms with Crippen LogP contribution < -0.4 is 0 Å². The molecule has 5 heterocycles. The first-order valence-electron chi connectivity index (χ1n) is 15.0. The smallest absolute Gasteiger partial charge is 0.305 e. The first-order chi connectivity index (χ1) is 20.5. The van der Waals surface area contributed by atoms with Crippen LogP contribution in [-0.4, -0.2) is 33.0 Å². The number of H-pyrrole nitrogens is 2. The number of aromatic nitrogens is 4. The minimum absolute atomic E-state index is 0.184. The van der Waals surface area contributed by atoms with Gasteiger partial charge in [-0.15, -0.1) is 0 Å². The van der Waals surface area contributed by atoms with E-state index in [0.29, 0.717) is 12.8 Å². The Morgan fingerprint density at radius 1 is 0.837 bits per heavy atom. The number of hydrogen-bond acceptors (Lipinski definition) is 4. The monoisotopic (exact) mass is 572 g/mol. The molecule has 2 N–H and O–H groups in total. The molecule has 0 amide bonds. The van der Waals surface area contributed by atoms with E-state index in [1.54, 1.807) is 0 Å². The maximum Gasteiger partial charge on any atom is 0.305 e. The van der Waals surface area contributed by atoms with E-state index in [9.17, 15) is 4.79 Å². The molecule has 2 aliphatic heterocycles. The van der Waals surface area contributed by atoms with Gasteiger partial charge < -0.3 is 14.7 Å². The quantitative estimate of drug-likeness (QED) is 0.240. The average molecular weight is 573 g/mol. The van der Waals surface area contributed by atoms with Gasteiger partial charge in [0.05, 0.1) is 29.7 Å². The van der Waals surface area contributed by atoms with Gasteiger partial charge in [0.15, 0.2) is 0 Å². The molecule has 1 aromatic carbocycles. The number of carbonyl (C=O) groups excluding carboxylic acids is 1. The molecular weight excluding hydrogens is 532 g/mol. The molecule has 0 spiro atoms. The molecule has 0 aliphatic carbocycles. The number of esters is 1. The standard InChI is InChI=1S/C37H40N4O2/c1-20-21(2)28-17-31-26(14-15-34(42)43-8)24(5)30(39-31)18-33-37(6,7)19-32(40-33)35(25-12-10-9-11-13-25)36-23(4)22(3)29(41-36)16-27(20)38-28/h9-13,16-18,38,41H,14-15,19H2,1-8H3. The molecule has 0 saturated heterocycles. The molecule has 4 aromatic rings. The van der Waals surface area contributed by atoms with Crippen molar-refractivity contribution in [3.05, 3.63) is 93.6 Å². The Balaban J connectivity index is 1.77. The lowest BCUT2D eigenvalue weighted by atomic mass is 9.85. The highest BCUT2D eigenvalue weighted by Crippen LogP contribution is 2.40. The summed E-state index contributed by atoms with van der Waals surface area (Å²) in [6, 6.07) is 17.1. The molecule has 220 valence electrons. The molecule has 8 bridgehead atoms. The highest BCUT2D eigenvalue weighted by atomic mass is 16.5. The second-order valence-corrected chi connectivity index (χ2v) is 12.6. The van der Waals surface area contributed by atoms with Crippen LogP contribution in [0, 0.1) is 27.7 Å². The Hall–Kier alpha value is -4.45. The lowest BCUT2D eigenvalue weighted by Gasteiger charge is -2.17. The van der Waals surface area contributed by atoms with Crippen molar-refractivity contribution >= 4 is 39.2 Å². The number of rotatable bonds is 4. The maximum absolute atomic E-state index is 12.1. The number of ether oxygens (including phenoxy) is 1. The van der Waals surface area contributed by atoms with E-state index in [0.717, 1.165) is 73.5 Å². The van der Waals surface area contributed by atoms with Crippen LogP contribution in [-0.2, 0) is 21.4 Å². The van der Waals surface area contributed by atoms with Gasteiger partial charge in [0.25, 0.3) is 0 Å². The van der Waals surface area contributed by atoms with Crippen molar-refractivity contribution in [3.8, 4) is 11.1 Å². The summed E-state index contributed by atoms with van der Waals surface area (Å²) in [5, 5.41) is 0. The normalized spacial score (nSPS) is 14.3. The third-order valence-corrected chi connectivity index (χ3v) is 9.44. The predicted octanol–water partition coefficient (Wildman–Crippen LogP) is 8.62. The zero-order valence-electron chi connectivity index (χ0n) is 26.5. The highest BCUT2D eigenvalue weighted by molar-refractivity contribution is 5.93. The Morgan fingerprint density at radius 3 is 2.19 bits per heavy atom. The number of hydrogen-bond donors (Lipinski definition) is 2. The minimum atomic E-state index is -0.223. The van der Waals surface area contributed by atoms with Crippen molar-refractivity contribution in [2.75, 3.05) is 7.11 Å². The fourth-order valence-corrected chi connectivity index (χ4v) is 6.35. The van der Waals surface area contributed by atoms with E-state index in [2.05, 4.69) is 107 Å². The number of aromatic amines is 2. The highest BCUT2D eigenvalue weighted by Gasteiger charge is 2.32. The molecule has 0 fully saturated rings. The number of fused-ring (bicyclic) bond motifs is 8. The molecule has 0 radical (unpaired) electrons. The Bertz CT molecular complexity index is 1970. The lowest BCUT2D eigenvalue weighted by Crippen LogP contribution is -2.15. The van der Waals surface area contributed by atoms with Crippen molar-refractivity contribution in [3.63, 3.8) is 0 Å². The van der Waals surface area contributed by atoms with Crippen LogP contribution in [0.5, 0.6) is 0 Å². The van der Waals surface area contributed by atoms with Gasteiger partial charge >= 0.3 is 5.97 Å². The molecule has 0 saturated carbocycles. The molecule has 6 rings (SSSR count). The Labute approximate surface area is 253 Å².